The zero-order valence-electron chi connectivity index (χ0n) is 14.6. The molecule has 1 aliphatic rings. The highest BCUT2D eigenvalue weighted by Gasteiger charge is 2.26. The normalized spacial score (nSPS) is 20.0. The maximum atomic E-state index is 11.5. The summed E-state index contributed by atoms with van der Waals surface area (Å²) in [6.07, 6.45) is 5.65. The van der Waals surface area contributed by atoms with Gasteiger partial charge in [0, 0.05) is 6.54 Å². The van der Waals surface area contributed by atoms with Crippen LogP contribution in [0, 0.1) is 0 Å². The Labute approximate surface area is 148 Å². The lowest BCUT2D eigenvalue weighted by Crippen LogP contribution is -2.32. The van der Waals surface area contributed by atoms with Crippen molar-refractivity contribution in [2.75, 3.05) is 20.2 Å². The van der Waals surface area contributed by atoms with E-state index in [4.69, 9.17) is 9.15 Å². The standard InChI is InChI=1S/C20H25NO4/c1-24-20(23)16-10-8-15(9-11-16)18(22)14-21-12-4-2-3-6-17(21)19-7-5-13-25-19/h5,7-11,13,17-18,22H,2-4,6,12,14H2,1H3. The molecule has 1 saturated heterocycles. The Balaban J connectivity index is 1.71. The van der Waals surface area contributed by atoms with Gasteiger partial charge in [-0.3, -0.25) is 4.90 Å². The van der Waals surface area contributed by atoms with Crippen molar-refractivity contribution in [3.05, 3.63) is 59.5 Å². The van der Waals surface area contributed by atoms with E-state index in [0.717, 1.165) is 30.7 Å². The van der Waals surface area contributed by atoms with E-state index in [0.29, 0.717) is 12.1 Å². The zero-order chi connectivity index (χ0) is 17.6. The zero-order valence-corrected chi connectivity index (χ0v) is 14.6. The van der Waals surface area contributed by atoms with Crippen LogP contribution in [0.1, 0.15) is 59.5 Å². The summed E-state index contributed by atoms with van der Waals surface area (Å²) in [5.74, 6) is 0.599. The maximum absolute atomic E-state index is 11.5. The number of nitrogens with zero attached hydrogens (tertiary/aromatic N) is 1. The average Bonchev–Trinajstić information content (AvgIpc) is 3.08. The maximum Gasteiger partial charge on any atom is 0.337 e. The molecule has 0 spiro atoms. The first kappa shape index (κ1) is 17.7. The lowest BCUT2D eigenvalue weighted by molar-refractivity contribution is 0.0600. The van der Waals surface area contributed by atoms with Gasteiger partial charge in [0.25, 0.3) is 0 Å². The molecular formula is C20H25NO4. The van der Waals surface area contributed by atoms with Gasteiger partial charge in [-0.05, 0) is 49.2 Å². The monoisotopic (exact) mass is 343 g/mol. The number of methoxy groups -OCH3 is 1. The largest absolute Gasteiger partial charge is 0.468 e. The van der Waals surface area contributed by atoms with Gasteiger partial charge in [0.2, 0.25) is 0 Å². The van der Waals surface area contributed by atoms with Crippen LogP contribution in [0.5, 0.6) is 0 Å². The molecule has 0 bridgehead atoms. The fourth-order valence-corrected chi connectivity index (χ4v) is 3.48. The highest BCUT2D eigenvalue weighted by molar-refractivity contribution is 5.89. The number of likely N-dealkylation sites (tertiary alicyclic amines) is 1. The highest BCUT2D eigenvalue weighted by Crippen LogP contribution is 2.32. The molecule has 0 amide bonds. The quantitative estimate of drug-likeness (QED) is 0.839. The fourth-order valence-electron chi connectivity index (χ4n) is 3.48. The summed E-state index contributed by atoms with van der Waals surface area (Å²) in [7, 11) is 1.36. The Hall–Kier alpha value is -2.11. The van der Waals surface area contributed by atoms with Crippen molar-refractivity contribution < 1.29 is 19.1 Å². The van der Waals surface area contributed by atoms with Crippen LogP contribution in [0.25, 0.3) is 0 Å². The minimum atomic E-state index is -0.609. The molecule has 0 radical (unpaired) electrons. The second-order valence-electron chi connectivity index (χ2n) is 6.50. The van der Waals surface area contributed by atoms with Crippen molar-refractivity contribution in [2.45, 2.75) is 37.8 Å². The molecule has 1 aromatic heterocycles. The Morgan fingerprint density at radius 2 is 2.08 bits per heavy atom. The summed E-state index contributed by atoms with van der Waals surface area (Å²) in [5, 5.41) is 10.7. The molecule has 2 atom stereocenters. The molecule has 5 heteroatoms. The van der Waals surface area contributed by atoms with Crippen LogP contribution in [0.2, 0.25) is 0 Å². The summed E-state index contributed by atoms with van der Waals surface area (Å²) in [6, 6.07) is 11.1. The summed E-state index contributed by atoms with van der Waals surface area (Å²) in [6.45, 7) is 1.49. The summed E-state index contributed by atoms with van der Waals surface area (Å²) >= 11 is 0. The van der Waals surface area contributed by atoms with Crippen molar-refractivity contribution in [2.24, 2.45) is 0 Å². The van der Waals surface area contributed by atoms with E-state index in [1.807, 2.05) is 12.1 Å². The second kappa shape index (κ2) is 8.32. The molecule has 1 fully saturated rings. The second-order valence-corrected chi connectivity index (χ2v) is 6.50. The SMILES string of the molecule is COC(=O)c1ccc(C(O)CN2CCCCCC2c2ccco2)cc1. The third-order valence-corrected chi connectivity index (χ3v) is 4.86. The number of aliphatic hydroxyl groups is 1. The van der Waals surface area contributed by atoms with E-state index in [1.54, 1.807) is 30.5 Å². The Bertz CT molecular complexity index is 666. The third-order valence-electron chi connectivity index (χ3n) is 4.86. The van der Waals surface area contributed by atoms with E-state index in [9.17, 15) is 9.90 Å². The van der Waals surface area contributed by atoms with Crippen LogP contribution >= 0.6 is 0 Å². The molecule has 0 aliphatic carbocycles. The number of hydrogen-bond acceptors (Lipinski definition) is 5. The number of benzene rings is 1. The third kappa shape index (κ3) is 4.30. The van der Waals surface area contributed by atoms with Crippen LogP contribution in [-0.4, -0.2) is 36.2 Å². The molecule has 1 aliphatic heterocycles. The molecule has 2 aromatic rings. The van der Waals surface area contributed by atoms with Gasteiger partial charge in [-0.25, -0.2) is 4.79 Å². The molecule has 1 aromatic carbocycles. The minimum absolute atomic E-state index is 0.210. The van der Waals surface area contributed by atoms with Crippen molar-refractivity contribution in [1.82, 2.24) is 4.90 Å². The average molecular weight is 343 g/mol. The Morgan fingerprint density at radius 3 is 2.76 bits per heavy atom. The number of hydrogen-bond donors (Lipinski definition) is 1. The smallest absolute Gasteiger partial charge is 0.337 e. The predicted molar refractivity (Wildman–Crippen MR) is 94.2 cm³/mol. The van der Waals surface area contributed by atoms with Crippen molar-refractivity contribution in [1.29, 1.82) is 0 Å². The highest BCUT2D eigenvalue weighted by atomic mass is 16.5. The first-order valence-corrected chi connectivity index (χ1v) is 8.83. The predicted octanol–water partition coefficient (Wildman–Crippen LogP) is 3.72. The molecule has 0 saturated carbocycles. The molecule has 2 unspecified atom stereocenters. The summed E-state index contributed by atoms with van der Waals surface area (Å²) in [5.41, 5.74) is 1.29. The van der Waals surface area contributed by atoms with Gasteiger partial charge in [0.15, 0.2) is 0 Å². The molecule has 2 heterocycles. The Morgan fingerprint density at radius 1 is 1.28 bits per heavy atom. The van der Waals surface area contributed by atoms with Crippen LogP contribution in [0.15, 0.2) is 47.1 Å². The number of carbonyl (C=O) groups excluding carboxylic acids is 1. The van der Waals surface area contributed by atoms with E-state index < -0.39 is 6.10 Å². The van der Waals surface area contributed by atoms with Crippen molar-refractivity contribution in [3.63, 3.8) is 0 Å². The Kier molecular flexibility index (Phi) is 5.89. The number of aliphatic hydroxyl groups excluding tert-OH is 1. The van der Waals surface area contributed by atoms with Crippen LogP contribution < -0.4 is 0 Å². The lowest BCUT2D eigenvalue weighted by Gasteiger charge is -2.30. The number of ether oxygens (including phenoxy) is 1. The molecule has 3 rings (SSSR count). The molecule has 1 N–H and O–H groups in total. The van der Waals surface area contributed by atoms with Crippen molar-refractivity contribution in [3.8, 4) is 0 Å². The van der Waals surface area contributed by atoms with E-state index in [1.165, 1.54) is 20.0 Å². The van der Waals surface area contributed by atoms with Crippen LogP contribution in [-0.2, 0) is 4.74 Å². The first-order chi connectivity index (χ1) is 12.2. The molecule has 5 nitrogen and oxygen atoms in total. The molecule has 25 heavy (non-hydrogen) atoms. The van der Waals surface area contributed by atoms with Crippen LogP contribution in [0.3, 0.4) is 0 Å². The molecular weight excluding hydrogens is 318 g/mol. The number of furan rings is 1. The van der Waals surface area contributed by atoms with E-state index in [-0.39, 0.29) is 12.0 Å². The number of β-amino-alcohol motifs (C(OH)–C–C–N with tert-alkyl or cyclic N) is 1. The van der Waals surface area contributed by atoms with Gasteiger partial charge in [-0.15, -0.1) is 0 Å². The fraction of sp³-hybridized carbons (Fsp3) is 0.450. The van der Waals surface area contributed by atoms with Gasteiger partial charge >= 0.3 is 5.97 Å². The summed E-state index contributed by atoms with van der Waals surface area (Å²) < 4.78 is 10.3. The van der Waals surface area contributed by atoms with Gasteiger partial charge in [-0.1, -0.05) is 25.0 Å². The van der Waals surface area contributed by atoms with Gasteiger partial charge in [-0.2, -0.15) is 0 Å². The van der Waals surface area contributed by atoms with Crippen molar-refractivity contribution >= 4 is 5.97 Å². The lowest BCUT2D eigenvalue weighted by atomic mass is 10.0. The van der Waals surface area contributed by atoms with Gasteiger partial charge < -0.3 is 14.3 Å². The molecule has 134 valence electrons. The number of carbonyl (C=O) groups is 1. The van der Waals surface area contributed by atoms with E-state index >= 15 is 0 Å². The van der Waals surface area contributed by atoms with E-state index in [2.05, 4.69) is 4.90 Å². The van der Waals surface area contributed by atoms with Crippen LogP contribution in [0.4, 0.5) is 0 Å². The van der Waals surface area contributed by atoms with Gasteiger partial charge in [0.05, 0.1) is 31.1 Å². The number of rotatable bonds is 5. The topological polar surface area (TPSA) is 62.9 Å². The first-order valence-electron chi connectivity index (χ1n) is 8.83. The minimum Gasteiger partial charge on any atom is -0.468 e. The summed E-state index contributed by atoms with van der Waals surface area (Å²) in [4.78, 5) is 13.8. The number of esters is 1. The van der Waals surface area contributed by atoms with Gasteiger partial charge in [0.1, 0.15) is 5.76 Å².